The van der Waals surface area contributed by atoms with Crippen molar-refractivity contribution in [2.24, 2.45) is 0 Å². The molecule has 34 heavy (non-hydrogen) atoms. The number of halogens is 1. The van der Waals surface area contributed by atoms with Gasteiger partial charge in [0.2, 0.25) is 5.91 Å². The van der Waals surface area contributed by atoms with E-state index in [0.717, 1.165) is 27.9 Å². The second kappa shape index (κ2) is 9.62. The van der Waals surface area contributed by atoms with Gasteiger partial charge in [-0.3, -0.25) is 9.36 Å². The number of carbonyl (C=O) groups is 1. The molecule has 5 rings (SSSR count). The molecule has 1 amide bonds. The van der Waals surface area contributed by atoms with Gasteiger partial charge in [-0.1, -0.05) is 41.6 Å². The topological polar surface area (TPSA) is 84.8 Å². The van der Waals surface area contributed by atoms with Crippen molar-refractivity contribution in [1.29, 1.82) is 0 Å². The minimum Gasteiger partial charge on any atom is -0.497 e. The maximum atomic E-state index is 12.6. The summed E-state index contributed by atoms with van der Waals surface area (Å²) in [6, 6.07) is 22.7. The van der Waals surface area contributed by atoms with Crippen molar-refractivity contribution in [2.45, 2.75) is 5.16 Å². The number of fused-ring (bicyclic) bond motifs is 1. The lowest BCUT2D eigenvalue weighted by atomic mass is 10.1. The van der Waals surface area contributed by atoms with Gasteiger partial charge in [0.05, 0.1) is 12.9 Å². The second-order valence-electron chi connectivity index (χ2n) is 7.43. The standard InChI is InChI=1S/C25H20ClN5O2S/c1-33-19-12-10-18(11-13-19)31-24(21-14-27-22-5-3-2-4-20(21)22)29-30-25(31)34-15-23(32)28-17-8-6-16(26)7-9-17/h2-14,27H,15H2,1H3,(H,28,32). The molecule has 0 saturated heterocycles. The maximum Gasteiger partial charge on any atom is 0.234 e. The molecular weight excluding hydrogens is 470 g/mol. The van der Waals surface area contributed by atoms with E-state index < -0.39 is 0 Å². The van der Waals surface area contributed by atoms with E-state index in [1.807, 2.05) is 59.3 Å². The molecule has 3 aromatic carbocycles. The van der Waals surface area contributed by atoms with Crippen molar-refractivity contribution in [2.75, 3.05) is 18.2 Å². The number of aromatic nitrogens is 4. The predicted octanol–water partition coefficient (Wildman–Crippen LogP) is 5.81. The maximum absolute atomic E-state index is 12.6. The number of thioether (sulfide) groups is 1. The molecule has 0 saturated carbocycles. The quantitative estimate of drug-likeness (QED) is 0.282. The SMILES string of the molecule is COc1ccc(-n2c(SCC(=O)Nc3ccc(Cl)cc3)nnc2-c2c[nH]c3ccccc23)cc1. The summed E-state index contributed by atoms with van der Waals surface area (Å²) in [4.78, 5) is 15.9. The number of benzene rings is 3. The molecular formula is C25H20ClN5O2S. The third-order valence-electron chi connectivity index (χ3n) is 5.25. The van der Waals surface area contributed by atoms with E-state index in [4.69, 9.17) is 16.3 Å². The number of hydrogen-bond acceptors (Lipinski definition) is 5. The van der Waals surface area contributed by atoms with Crippen LogP contribution in [0.5, 0.6) is 5.75 Å². The fraction of sp³-hybridized carbons (Fsp3) is 0.0800. The summed E-state index contributed by atoms with van der Waals surface area (Å²) >= 11 is 7.24. The van der Waals surface area contributed by atoms with Gasteiger partial charge >= 0.3 is 0 Å². The van der Waals surface area contributed by atoms with E-state index in [0.29, 0.717) is 21.7 Å². The van der Waals surface area contributed by atoms with E-state index in [-0.39, 0.29) is 11.7 Å². The molecule has 7 nitrogen and oxygen atoms in total. The molecule has 0 bridgehead atoms. The van der Waals surface area contributed by atoms with E-state index in [1.165, 1.54) is 11.8 Å². The fourth-order valence-electron chi connectivity index (χ4n) is 3.62. The molecule has 0 spiro atoms. The monoisotopic (exact) mass is 489 g/mol. The van der Waals surface area contributed by atoms with Crippen LogP contribution in [0.3, 0.4) is 0 Å². The van der Waals surface area contributed by atoms with E-state index in [2.05, 4.69) is 20.5 Å². The van der Waals surface area contributed by atoms with E-state index in [1.54, 1.807) is 31.4 Å². The van der Waals surface area contributed by atoms with Gasteiger partial charge in [0.1, 0.15) is 5.75 Å². The van der Waals surface area contributed by atoms with Crippen LogP contribution in [0.2, 0.25) is 5.02 Å². The molecule has 0 fully saturated rings. The number of carbonyl (C=O) groups excluding carboxylic acids is 1. The summed E-state index contributed by atoms with van der Waals surface area (Å²) in [7, 11) is 1.63. The highest BCUT2D eigenvalue weighted by Crippen LogP contribution is 2.33. The van der Waals surface area contributed by atoms with Crippen LogP contribution < -0.4 is 10.1 Å². The Kier molecular flexibility index (Phi) is 6.24. The van der Waals surface area contributed by atoms with Gasteiger partial charge in [0, 0.05) is 39.1 Å². The molecule has 0 unspecified atom stereocenters. The summed E-state index contributed by atoms with van der Waals surface area (Å²) < 4.78 is 7.26. The molecule has 0 aliphatic heterocycles. The third-order valence-corrected chi connectivity index (χ3v) is 6.44. The lowest BCUT2D eigenvalue weighted by molar-refractivity contribution is -0.113. The molecule has 2 heterocycles. The molecule has 0 aliphatic rings. The van der Waals surface area contributed by atoms with Crippen LogP contribution in [0.1, 0.15) is 0 Å². The zero-order valence-electron chi connectivity index (χ0n) is 18.2. The van der Waals surface area contributed by atoms with Gasteiger partial charge in [-0.25, -0.2) is 0 Å². The molecule has 5 aromatic rings. The number of ether oxygens (including phenoxy) is 1. The number of amides is 1. The zero-order chi connectivity index (χ0) is 23.5. The Morgan fingerprint density at radius 3 is 2.59 bits per heavy atom. The van der Waals surface area contributed by atoms with E-state index in [9.17, 15) is 4.79 Å². The average Bonchev–Trinajstić information content (AvgIpc) is 3.48. The lowest BCUT2D eigenvalue weighted by Crippen LogP contribution is -2.14. The molecule has 0 atom stereocenters. The number of anilines is 1. The molecule has 9 heteroatoms. The van der Waals surface area contributed by atoms with E-state index >= 15 is 0 Å². The number of methoxy groups -OCH3 is 1. The largest absolute Gasteiger partial charge is 0.497 e. The van der Waals surface area contributed by atoms with Gasteiger partial charge in [0.25, 0.3) is 0 Å². The summed E-state index contributed by atoms with van der Waals surface area (Å²) in [5.74, 6) is 1.46. The average molecular weight is 490 g/mol. The fourth-order valence-corrected chi connectivity index (χ4v) is 4.50. The number of nitrogens with zero attached hydrogens (tertiary/aromatic N) is 3. The summed E-state index contributed by atoms with van der Waals surface area (Å²) in [5.41, 5.74) is 3.49. The molecule has 0 radical (unpaired) electrons. The first-order chi connectivity index (χ1) is 16.6. The number of aromatic amines is 1. The highest BCUT2D eigenvalue weighted by atomic mass is 35.5. The van der Waals surface area contributed by atoms with Crippen molar-refractivity contribution in [3.8, 4) is 22.8 Å². The summed E-state index contributed by atoms with van der Waals surface area (Å²) in [6.07, 6.45) is 1.93. The smallest absolute Gasteiger partial charge is 0.234 e. The normalized spacial score (nSPS) is 11.0. The van der Waals surface area contributed by atoms with Crippen molar-refractivity contribution in [3.05, 3.63) is 84.0 Å². The van der Waals surface area contributed by atoms with Gasteiger partial charge in [-0.15, -0.1) is 10.2 Å². The molecule has 2 aromatic heterocycles. The second-order valence-corrected chi connectivity index (χ2v) is 8.81. The number of hydrogen-bond donors (Lipinski definition) is 2. The molecule has 2 N–H and O–H groups in total. The van der Waals surface area contributed by atoms with Crippen molar-refractivity contribution < 1.29 is 9.53 Å². The third kappa shape index (κ3) is 4.50. The van der Waals surface area contributed by atoms with Crippen molar-refractivity contribution in [1.82, 2.24) is 19.7 Å². The first kappa shape index (κ1) is 22.1. The summed E-state index contributed by atoms with van der Waals surface area (Å²) in [5, 5.41) is 14.1. The first-order valence-corrected chi connectivity index (χ1v) is 11.8. The Balaban J connectivity index is 1.47. The Hall–Kier alpha value is -3.75. The Morgan fingerprint density at radius 1 is 1.06 bits per heavy atom. The van der Waals surface area contributed by atoms with Crippen LogP contribution in [0.15, 0.2) is 84.1 Å². The minimum absolute atomic E-state index is 0.148. The highest BCUT2D eigenvalue weighted by Gasteiger charge is 2.20. The highest BCUT2D eigenvalue weighted by molar-refractivity contribution is 7.99. The van der Waals surface area contributed by atoms with Gasteiger partial charge in [0.15, 0.2) is 11.0 Å². The first-order valence-electron chi connectivity index (χ1n) is 10.5. The van der Waals surface area contributed by atoms with Crippen molar-refractivity contribution >= 4 is 45.9 Å². The van der Waals surface area contributed by atoms with Crippen LogP contribution in [0, 0.1) is 0 Å². The molecule has 0 aliphatic carbocycles. The predicted molar refractivity (Wildman–Crippen MR) is 136 cm³/mol. The van der Waals surface area contributed by atoms with Crippen LogP contribution in [0.25, 0.3) is 28.0 Å². The lowest BCUT2D eigenvalue weighted by Gasteiger charge is -2.11. The number of H-pyrrole nitrogens is 1. The van der Waals surface area contributed by atoms with Gasteiger partial charge in [-0.05, 0) is 54.6 Å². The number of rotatable bonds is 7. The summed E-state index contributed by atoms with van der Waals surface area (Å²) in [6.45, 7) is 0. The Labute approximate surface area is 205 Å². The van der Waals surface area contributed by atoms with Gasteiger partial charge in [-0.2, -0.15) is 0 Å². The minimum atomic E-state index is -0.148. The van der Waals surface area contributed by atoms with Gasteiger partial charge < -0.3 is 15.0 Å². The Morgan fingerprint density at radius 2 is 1.82 bits per heavy atom. The van der Waals surface area contributed by atoms with Crippen LogP contribution in [-0.2, 0) is 4.79 Å². The van der Waals surface area contributed by atoms with Crippen LogP contribution in [-0.4, -0.2) is 38.5 Å². The van der Waals surface area contributed by atoms with Crippen LogP contribution in [0.4, 0.5) is 5.69 Å². The van der Waals surface area contributed by atoms with Crippen LogP contribution >= 0.6 is 23.4 Å². The van der Waals surface area contributed by atoms with Crippen molar-refractivity contribution in [3.63, 3.8) is 0 Å². The molecule has 170 valence electrons. The Bertz CT molecular complexity index is 1440. The number of nitrogens with one attached hydrogen (secondary N) is 2. The number of para-hydroxylation sites is 1. The zero-order valence-corrected chi connectivity index (χ0v) is 19.7.